The van der Waals surface area contributed by atoms with Crippen molar-refractivity contribution in [3.05, 3.63) is 29.0 Å². The summed E-state index contributed by atoms with van der Waals surface area (Å²) in [5.74, 6) is -1.46. The Morgan fingerprint density at radius 3 is 2.87 bits per heavy atom. The summed E-state index contributed by atoms with van der Waals surface area (Å²) in [6.45, 7) is -0.222. The van der Waals surface area contributed by atoms with Crippen LogP contribution in [0, 0.1) is 5.82 Å². The van der Waals surface area contributed by atoms with Gasteiger partial charge in [0, 0.05) is 0 Å². The molecule has 82 valence electrons. The molecule has 1 aromatic rings. The number of benzene rings is 1. The van der Waals surface area contributed by atoms with Gasteiger partial charge in [0.15, 0.2) is 0 Å². The molecule has 6 heteroatoms. The van der Waals surface area contributed by atoms with Crippen molar-refractivity contribution in [2.24, 2.45) is 5.73 Å². The van der Waals surface area contributed by atoms with E-state index in [9.17, 15) is 9.18 Å². The Kier molecular flexibility index (Phi) is 3.88. The van der Waals surface area contributed by atoms with E-state index < -0.39 is 17.8 Å². The summed E-state index contributed by atoms with van der Waals surface area (Å²) < 4.78 is 17.6. The van der Waals surface area contributed by atoms with Crippen LogP contribution in [0.4, 0.5) is 4.39 Å². The average Bonchev–Trinajstić information content (AvgIpc) is 2.15. The van der Waals surface area contributed by atoms with Crippen LogP contribution in [0.3, 0.4) is 0 Å². The smallest absolute Gasteiger partial charge is 0.324 e. The number of nitrogens with two attached hydrogens (primary N) is 1. The SMILES string of the molecule is N[C@@H](COc1ccc(F)cc1Cl)C(=O)O. The Labute approximate surface area is 90.4 Å². The van der Waals surface area contributed by atoms with E-state index in [0.29, 0.717) is 0 Å². The first-order valence-electron chi connectivity index (χ1n) is 4.07. The van der Waals surface area contributed by atoms with Crippen molar-refractivity contribution in [1.82, 2.24) is 0 Å². The number of halogens is 2. The molecular weight excluding hydrogens is 225 g/mol. The number of hydrogen-bond acceptors (Lipinski definition) is 3. The maximum absolute atomic E-state index is 12.6. The molecule has 0 aliphatic carbocycles. The molecule has 1 rings (SSSR count). The monoisotopic (exact) mass is 233 g/mol. The maximum atomic E-state index is 12.6. The minimum Gasteiger partial charge on any atom is -0.490 e. The third kappa shape index (κ3) is 3.38. The standard InChI is InChI=1S/C9H9ClFNO3/c10-6-3-5(11)1-2-8(6)15-4-7(12)9(13)14/h1-3,7H,4,12H2,(H,13,14)/t7-/m0/s1. The highest BCUT2D eigenvalue weighted by molar-refractivity contribution is 6.32. The normalized spacial score (nSPS) is 12.2. The second kappa shape index (κ2) is 4.95. The van der Waals surface area contributed by atoms with Gasteiger partial charge in [0.1, 0.15) is 24.2 Å². The lowest BCUT2D eigenvalue weighted by Gasteiger charge is -2.10. The predicted octanol–water partition coefficient (Wildman–Crippen LogP) is 1.27. The molecule has 0 radical (unpaired) electrons. The first kappa shape index (κ1) is 11.7. The molecule has 0 aliphatic heterocycles. The molecule has 0 bridgehead atoms. The van der Waals surface area contributed by atoms with Gasteiger partial charge in [-0.05, 0) is 18.2 Å². The second-order valence-corrected chi connectivity index (χ2v) is 3.24. The van der Waals surface area contributed by atoms with Crippen LogP contribution in [-0.4, -0.2) is 23.7 Å². The number of carboxylic acids is 1. The quantitative estimate of drug-likeness (QED) is 0.822. The van der Waals surface area contributed by atoms with Gasteiger partial charge < -0.3 is 15.6 Å². The lowest BCUT2D eigenvalue weighted by molar-refractivity contribution is -0.139. The van der Waals surface area contributed by atoms with E-state index in [-0.39, 0.29) is 17.4 Å². The molecular formula is C9H9ClFNO3. The van der Waals surface area contributed by atoms with Crippen molar-refractivity contribution in [2.45, 2.75) is 6.04 Å². The van der Waals surface area contributed by atoms with Crippen LogP contribution in [0.25, 0.3) is 0 Å². The van der Waals surface area contributed by atoms with E-state index in [2.05, 4.69) is 0 Å². The molecule has 4 nitrogen and oxygen atoms in total. The first-order valence-corrected chi connectivity index (χ1v) is 4.44. The summed E-state index contributed by atoms with van der Waals surface area (Å²) in [5.41, 5.74) is 5.20. The number of carboxylic acid groups (broad SMARTS) is 1. The predicted molar refractivity (Wildman–Crippen MR) is 52.5 cm³/mol. The molecule has 0 aliphatic rings. The van der Waals surface area contributed by atoms with Gasteiger partial charge in [-0.15, -0.1) is 0 Å². The lowest BCUT2D eigenvalue weighted by atomic mass is 10.3. The van der Waals surface area contributed by atoms with Crippen molar-refractivity contribution >= 4 is 17.6 Å². The van der Waals surface area contributed by atoms with Crippen LogP contribution in [0.1, 0.15) is 0 Å². The van der Waals surface area contributed by atoms with Crippen molar-refractivity contribution in [3.63, 3.8) is 0 Å². The molecule has 1 aromatic carbocycles. The Morgan fingerprint density at radius 2 is 2.33 bits per heavy atom. The molecule has 1 atom stereocenters. The fourth-order valence-electron chi connectivity index (χ4n) is 0.843. The van der Waals surface area contributed by atoms with Gasteiger partial charge in [-0.2, -0.15) is 0 Å². The van der Waals surface area contributed by atoms with Crippen molar-refractivity contribution < 1.29 is 19.0 Å². The third-order valence-electron chi connectivity index (χ3n) is 1.63. The number of aliphatic carboxylic acids is 1. The minimum atomic E-state index is -1.17. The Morgan fingerprint density at radius 1 is 1.67 bits per heavy atom. The van der Waals surface area contributed by atoms with Gasteiger partial charge >= 0.3 is 5.97 Å². The Balaban J connectivity index is 2.62. The molecule has 0 saturated carbocycles. The van der Waals surface area contributed by atoms with Crippen molar-refractivity contribution in [1.29, 1.82) is 0 Å². The van der Waals surface area contributed by atoms with E-state index in [0.717, 1.165) is 12.1 Å². The fourth-order valence-corrected chi connectivity index (χ4v) is 1.06. The van der Waals surface area contributed by atoms with Crippen LogP contribution in [0.5, 0.6) is 5.75 Å². The van der Waals surface area contributed by atoms with Gasteiger partial charge in [0.05, 0.1) is 5.02 Å². The van der Waals surface area contributed by atoms with Crippen LogP contribution in [0.15, 0.2) is 18.2 Å². The van der Waals surface area contributed by atoms with Gasteiger partial charge in [0.2, 0.25) is 0 Å². The Bertz CT molecular complexity index is 372. The summed E-state index contributed by atoms with van der Waals surface area (Å²) in [5, 5.41) is 8.55. The fraction of sp³-hybridized carbons (Fsp3) is 0.222. The van der Waals surface area contributed by atoms with Crippen LogP contribution in [0.2, 0.25) is 5.02 Å². The second-order valence-electron chi connectivity index (χ2n) is 2.83. The van der Waals surface area contributed by atoms with Gasteiger partial charge in [-0.1, -0.05) is 11.6 Å². The topological polar surface area (TPSA) is 72.5 Å². The van der Waals surface area contributed by atoms with E-state index in [1.165, 1.54) is 6.07 Å². The summed E-state index contributed by atoms with van der Waals surface area (Å²) in [7, 11) is 0. The number of hydrogen-bond donors (Lipinski definition) is 2. The molecule has 0 saturated heterocycles. The summed E-state index contributed by atoms with van der Waals surface area (Å²) in [6, 6.07) is 2.41. The zero-order valence-electron chi connectivity index (χ0n) is 7.61. The van der Waals surface area contributed by atoms with E-state index >= 15 is 0 Å². The zero-order valence-corrected chi connectivity index (χ0v) is 8.37. The molecule has 0 aromatic heterocycles. The maximum Gasteiger partial charge on any atom is 0.324 e. The Hall–Kier alpha value is -1.33. The molecule has 15 heavy (non-hydrogen) atoms. The largest absolute Gasteiger partial charge is 0.490 e. The number of ether oxygens (including phenoxy) is 1. The first-order chi connectivity index (χ1) is 7.00. The molecule has 0 unspecified atom stereocenters. The van der Waals surface area contributed by atoms with Gasteiger partial charge in [-0.3, -0.25) is 4.79 Å². The van der Waals surface area contributed by atoms with E-state index in [1.54, 1.807) is 0 Å². The molecule has 0 spiro atoms. The lowest BCUT2D eigenvalue weighted by Crippen LogP contribution is -2.36. The van der Waals surface area contributed by atoms with Crippen LogP contribution in [-0.2, 0) is 4.79 Å². The third-order valence-corrected chi connectivity index (χ3v) is 1.92. The van der Waals surface area contributed by atoms with Gasteiger partial charge in [-0.25, -0.2) is 4.39 Å². The van der Waals surface area contributed by atoms with E-state index in [4.69, 9.17) is 27.2 Å². The van der Waals surface area contributed by atoms with E-state index in [1.807, 2.05) is 0 Å². The zero-order chi connectivity index (χ0) is 11.4. The molecule has 3 N–H and O–H groups in total. The molecule has 0 amide bonds. The highest BCUT2D eigenvalue weighted by atomic mass is 35.5. The average molecular weight is 234 g/mol. The summed E-state index contributed by atoms with van der Waals surface area (Å²) in [4.78, 5) is 10.4. The summed E-state index contributed by atoms with van der Waals surface area (Å²) >= 11 is 5.64. The van der Waals surface area contributed by atoms with Crippen LogP contribution < -0.4 is 10.5 Å². The molecule has 0 heterocycles. The number of carbonyl (C=O) groups is 1. The van der Waals surface area contributed by atoms with Crippen molar-refractivity contribution in [2.75, 3.05) is 6.61 Å². The highest BCUT2D eigenvalue weighted by Crippen LogP contribution is 2.24. The van der Waals surface area contributed by atoms with Gasteiger partial charge in [0.25, 0.3) is 0 Å². The summed E-state index contributed by atoms with van der Waals surface area (Å²) in [6.07, 6.45) is 0. The molecule has 0 fully saturated rings. The number of rotatable bonds is 4. The minimum absolute atomic E-state index is 0.0765. The van der Waals surface area contributed by atoms with Crippen LogP contribution >= 0.6 is 11.6 Å². The van der Waals surface area contributed by atoms with Crippen molar-refractivity contribution in [3.8, 4) is 5.75 Å². The highest BCUT2D eigenvalue weighted by Gasteiger charge is 2.13.